The van der Waals surface area contributed by atoms with Crippen LogP contribution < -0.4 is 10.5 Å². The molecule has 1 amide bonds. The zero-order valence-corrected chi connectivity index (χ0v) is 20.4. The molecule has 3 aromatic rings. The highest BCUT2D eigenvalue weighted by molar-refractivity contribution is 7.20. The lowest BCUT2D eigenvalue weighted by molar-refractivity contribution is 0.0789. The van der Waals surface area contributed by atoms with E-state index in [9.17, 15) is 9.59 Å². The Hall–Kier alpha value is -2.67. The van der Waals surface area contributed by atoms with Gasteiger partial charge in [0.1, 0.15) is 10.7 Å². The molecule has 0 unspecified atom stereocenters. The second-order valence-corrected chi connectivity index (χ2v) is 10.4. The summed E-state index contributed by atoms with van der Waals surface area (Å²) in [5.74, 6) is 0.831. The van der Waals surface area contributed by atoms with Gasteiger partial charge < -0.3 is 9.80 Å². The standard InChI is InChI=1S/C26H32N4O2S/c1-18-22-24(27-21-13-5-3-10-16-30(21)25(22)31)33-23(18)26(32)28(2)17-19-11-6-7-12-20(19)29-14-8-4-9-15-29/h6-7,11-12H,3-5,8-10,13-17H2,1-2H3. The molecule has 4 heterocycles. The number of thiophene rings is 1. The highest BCUT2D eigenvalue weighted by Gasteiger charge is 2.25. The van der Waals surface area contributed by atoms with Crippen LogP contribution in [0, 0.1) is 6.92 Å². The van der Waals surface area contributed by atoms with Crippen molar-refractivity contribution in [3.63, 3.8) is 0 Å². The summed E-state index contributed by atoms with van der Waals surface area (Å²) >= 11 is 1.37. The topological polar surface area (TPSA) is 58.4 Å². The summed E-state index contributed by atoms with van der Waals surface area (Å²) in [5.41, 5.74) is 3.18. The van der Waals surface area contributed by atoms with E-state index in [0.29, 0.717) is 21.6 Å². The van der Waals surface area contributed by atoms with Crippen molar-refractivity contribution in [2.24, 2.45) is 0 Å². The third kappa shape index (κ3) is 4.19. The number of piperidine rings is 1. The number of para-hydroxylation sites is 1. The molecule has 0 N–H and O–H groups in total. The quantitative estimate of drug-likeness (QED) is 0.559. The number of hydrogen-bond acceptors (Lipinski definition) is 5. The first-order valence-electron chi connectivity index (χ1n) is 12.2. The number of fused-ring (bicyclic) bond motifs is 2. The summed E-state index contributed by atoms with van der Waals surface area (Å²) in [4.78, 5) is 37.1. The Morgan fingerprint density at radius 1 is 1.06 bits per heavy atom. The lowest BCUT2D eigenvalue weighted by Crippen LogP contribution is -2.32. The van der Waals surface area contributed by atoms with E-state index >= 15 is 0 Å². The molecule has 7 heteroatoms. The summed E-state index contributed by atoms with van der Waals surface area (Å²) in [7, 11) is 1.86. The van der Waals surface area contributed by atoms with Crippen molar-refractivity contribution in [2.45, 2.75) is 65.0 Å². The predicted octanol–water partition coefficient (Wildman–Crippen LogP) is 4.76. The van der Waals surface area contributed by atoms with Gasteiger partial charge in [-0.25, -0.2) is 4.98 Å². The number of nitrogens with zero attached hydrogens (tertiary/aromatic N) is 4. The summed E-state index contributed by atoms with van der Waals surface area (Å²) in [6.07, 6.45) is 7.76. The summed E-state index contributed by atoms with van der Waals surface area (Å²) in [6.45, 7) is 5.31. The van der Waals surface area contributed by atoms with E-state index < -0.39 is 0 Å². The van der Waals surface area contributed by atoms with Crippen LogP contribution in [0.15, 0.2) is 29.1 Å². The molecule has 0 atom stereocenters. The van der Waals surface area contributed by atoms with Crippen molar-refractivity contribution < 1.29 is 4.79 Å². The molecule has 33 heavy (non-hydrogen) atoms. The number of carbonyl (C=O) groups is 1. The van der Waals surface area contributed by atoms with Gasteiger partial charge in [0.25, 0.3) is 11.5 Å². The van der Waals surface area contributed by atoms with Crippen LogP contribution in [0.2, 0.25) is 0 Å². The van der Waals surface area contributed by atoms with Gasteiger partial charge >= 0.3 is 0 Å². The molecule has 0 radical (unpaired) electrons. The molecule has 2 aliphatic rings. The Kier molecular flexibility index (Phi) is 6.23. The molecule has 5 rings (SSSR count). The van der Waals surface area contributed by atoms with Crippen molar-refractivity contribution in [3.05, 3.63) is 56.4 Å². The molecule has 1 fully saturated rings. The van der Waals surface area contributed by atoms with Crippen molar-refractivity contribution in [1.82, 2.24) is 14.5 Å². The average molecular weight is 465 g/mol. The van der Waals surface area contributed by atoms with Crippen LogP contribution in [0.5, 0.6) is 0 Å². The number of amides is 1. The number of anilines is 1. The van der Waals surface area contributed by atoms with Gasteiger partial charge in [-0.1, -0.05) is 24.6 Å². The third-order valence-electron chi connectivity index (χ3n) is 7.05. The molecule has 174 valence electrons. The minimum Gasteiger partial charge on any atom is -0.371 e. The van der Waals surface area contributed by atoms with Crippen LogP contribution in [0.3, 0.4) is 0 Å². The van der Waals surface area contributed by atoms with E-state index in [-0.39, 0.29) is 11.5 Å². The summed E-state index contributed by atoms with van der Waals surface area (Å²) in [5, 5.41) is 0.621. The Balaban J connectivity index is 1.44. The second kappa shape index (κ2) is 9.29. The number of aryl methyl sites for hydroxylation is 2. The Bertz CT molecular complexity index is 1240. The Labute approximate surface area is 198 Å². The largest absolute Gasteiger partial charge is 0.371 e. The maximum atomic E-state index is 13.5. The van der Waals surface area contributed by atoms with Gasteiger partial charge in [-0.3, -0.25) is 14.2 Å². The number of benzene rings is 1. The van der Waals surface area contributed by atoms with Crippen LogP contribution in [-0.2, 0) is 19.5 Å². The van der Waals surface area contributed by atoms with Gasteiger partial charge in [0.2, 0.25) is 0 Å². The SMILES string of the molecule is Cc1c(C(=O)N(C)Cc2ccccc2N2CCCCC2)sc2nc3n(c(=O)c12)CCCCC3. The van der Waals surface area contributed by atoms with Crippen molar-refractivity contribution in [3.8, 4) is 0 Å². The van der Waals surface area contributed by atoms with Crippen molar-refractivity contribution >= 4 is 33.1 Å². The zero-order chi connectivity index (χ0) is 22.9. The average Bonchev–Trinajstić information content (AvgIpc) is 3.00. The van der Waals surface area contributed by atoms with Gasteiger partial charge in [0, 0.05) is 45.3 Å². The smallest absolute Gasteiger partial charge is 0.264 e. The molecule has 1 aromatic carbocycles. The van der Waals surface area contributed by atoms with Gasteiger partial charge in [-0.2, -0.15) is 0 Å². The fourth-order valence-corrected chi connectivity index (χ4v) is 6.39. The molecular weight excluding hydrogens is 432 g/mol. The summed E-state index contributed by atoms with van der Waals surface area (Å²) in [6, 6.07) is 8.41. The summed E-state index contributed by atoms with van der Waals surface area (Å²) < 4.78 is 1.84. The lowest BCUT2D eigenvalue weighted by Gasteiger charge is -2.31. The monoisotopic (exact) mass is 464 g/mol. The van der Waals surface area contributed by atoms with E-state index in [1.165, 1.54) is 41.9 Å². The van der Waals surface area contributed by atoms with E-state index in [4.69, 9.17) is 4.98 Å². The van der Waals surface area contributed by atoms with Crippen molar-refractivity contribution in [2.75, 3.05) is 25.0 Å². The predicted molar refractivity (Wildman–Crippen MR) is 134 cm³/mol. The van der Waals surface area contributed by atoms with Gasteiger partial charge in [-0.15, -0.1) is 11.3 Å². The fraction of sp³-hybridized carbons (Fsp3) is 0.500. The van der Waals surface area contributed by atoms with Gasteiger partial charge in [0.15, 0.2) is 0 Å². The maximum absolute atomic E-state index is 13.5. The third-order valence-corrected chi connectivity index (χ3v) is 8.22. The first kappa shape index (κ1) is 22.1. The Morgan fingerprint density at radius 3 is 2.61 bits per heavy atom. The van der Waals surface area contributed by atoms with E-state index in [0.717, 1.165) is 56.7 Å². The lowest BCUT2D eigenvalue weighted by atomic mass is 10.1. The molecule has 0 bridgehead atoms. The number of carbonyl (C=O) groups excluding carboxylic acids is 1. The van der Waals surface area contributed by atoms with Gasteiger partial charge in [-0.05, 0) is 56.2 Å². The van der Waals surface area contributed by atoms with Crippen molar-refractivity contribution in [1.29, 1.82) is 0 Å². The molecular formula is C26H32N4O2S. The first-order chi connectivity index (χ1) is 16.0. The molecule has 0 aliphatic carbocycles. The molecule has 2 aromatic heterocycles. The highest BCUT2D eigenvalue weighted by Crippen LogP contribution is 2.31. The molecule has 0 spiro atoms. The van der Waals surface area contributed by atoms with Gasteiger partial charge in [0.05, 0.1) is 10.3 Å². The molecule has 2 aliphatic heterocycles. The van der Waals surface area contributed by atoms with E-state index in [2.05, 4.69) is 23.1 Å². The van der Waals surface area contributed by atoms with E-state index in [1.807, 2.05) is 24.6 Å². The first-order valence-corrected chi connectivity index (χ1v) is 13.0. The molecule has 6 nitrogen and oxygen atoms in total. The number of hydrogen-bond donors (Lipinski definition) is 0. The zero-order valence-electron chi connectivity index (χ0n) is 19.6. The minimum atomic E-state index is -0.0384. The Morgan fingerprint density at radius 2 is 1.79 bits per heavy atom. The normalized spacial score (nSPS) is 16.5. The number of aromatic nitrogens is 2. The number of rotatable bonds is 4. The van der Waals surface area contributed by atoms with Crippen LogP contribution in [-0.4, -0.2) is 40.5 Å². The molecule has 0 saturated carbocycles. The second-order valence-electron chi connectivity index (χ2n) is 9.37. The minimum absolute atomic E-state index is 0.0165. The van der Waals surface area contributed by atoms with Crippen LogP contribution in [0.1, 0.15) is 65.1 Å². The van der Waals surface area contributed by atoms with Crippen LogP contribution >= 0.6 is 11.3 Å². The van der Waals surface area contributed by atoms with E-state index in [1.54, 1.807) is 4.90 Å². The maximum Gasteiger partial charge on any atom is 0.264 e. The highest BCUT2D eigenvalue weighted by atomic mass is 32.1. The molecule has 1 saturated heterocycles. The van der Waals surface area contributed by atoms with Crippen LogP contribution in [0.25, 0.3) is 10.2 Å². The van der Waals surface area contributed by atoms with Crippen LogP contribution in [0.4, 0.5) is 5.69 Å². The fourth-order valence-electron chi connectivity index (χ4n) is 5.20.